The van der Waals surface area contributed by atoms with Gasteiger partial charge in [0, 0.05) is 17.5 Å². The molecule has 0 spiro atoms. The van der Waals surface area contributed by atoms with Crippen LogP contribution in [0.2, 0.25) is 0 Å². The van der Waals surface area contributed by atoms with Crippen molar-refractivity contribution in [2.75, 3.05) is 0 Å². The smallest absolute Gasteiger partial charge is 0.408 e. The van der Waals surface area contributed by atoms with Crippen LogP contribution in [0.15, 0.2) is 84.9 Å². The molecule has 0 bridgehead atoms. The highest BCUT2D eigenvalue weighted by molar-refractivity contribution is 6.08. The summed E-state index contributed by atoms with van der Waals surface area (Å²) in [5.74, 6) is -1.27. The molecule has 0 radical (unpaired) electrons. The van der Waals surface area contributed by atoms with Crippen LogP contribution in [0.1, 0.15) is 47.3 Å². The van der Waals surface area contributed by atoms with E-state index >= 15 is 0 Å². The van der Waals surface area contributed by atoms with Crippen molar-refractivity contribution in [2.24, 2.45) is 11.7 Å². The number of ether oxygens (including phenoxy) is 1. The van der Waals surface area contributed by atoms with Gasteiger partial charge in [0.1, 0.15) is 18.7 Å². The van der Waals surface area contributed by atoms with Gasteiger partial charge in [0.2, 0.25) is 11.8 Å². The Morgan fingerprint density at radius 1 is 0.737 bits per heavy atom. The van der Waals surface area contributed by atoms with Gasteiger partial charge >= 0.3 is 6.09 Å². The highest BCUT2D eigenvalue weighted by atomic mass is 16.5. The van der Waals surface area contributed by atoms with Crippen LogP contribution in [-0.4, -0.2) is 35.8 Å². The lowest BCUT2D eigenvalue weighted by Crippen LogP contribution is -2.54. The van der Waals surface area contributed by atoms with Crippen LogP contribution >= 0.6 is 0 Å². The third-order valence-electron chi connectivity index (χ3n) is 5.88. The third-order valence-corrected chi connectivity index (χ3v) is 5.88. The zero-order valence-corrected chi connectivity index (χ0v) is 21.6. The van der Waals surface area contributed by atoms with Gasteiger partial charge in [-0.25, -0.2) is 4.79 Å². The molecule has 3 aromatic rings. The van der Waals surface area contributed by atoms with Crippen molar-refractivity contribution in [2.45, 2.75) is 45.4 Å². The summed E-state index contributed by atoms with van der Waals surface area (Å²) < 4.78 is 5.25. The number of alkyl carbamates (subject to hydrolysis) is 1. The fourth-order valence-electron chi connectivity index (χ4n) is 3.89. The lowest BCUT2D eigenvalue weighted by molar-refractivity contribution is -0.128. The van der Waals surface area contributed by atoms with Gasteiger partial charge < -0.3 is 21.1 Å². The molecule has 8 nitrogen and oxygen atoms in total. The Hall–Kier alpha value is -4.46. The van der Waals surface area contributed by atoms with E-state index in [1.807, 2.05) is 50.2 Å². The molecule has 0 heterocycles. The van der Waals surface area contributed by atoms with E-state index in [9.17, 15) is 19.2 Å². The van der Waals surface area contributed by atoms with Crippen LogP contribution in [0.3, 0.4) is 0 Å². The molecular formula is C30H33N3O5. The van der Waals surface area contributed by atoms with Crippen molar-refractivity contribution in [1.29, 1.82) is 0 Å². The molecule has 2 atom stereocenters. The van der Waals surface area contributed by atoms with E-state index < -0.39 is 30.0 Å². The van der Waals surface area contributed by atoms with Gasteiger partial charge in [-0.15, -0.1) is 0 Å². The van der Waals surface area contributed by atoms with E-state index in [0.29, 0.717) is 23.1 Å². The second-order valence-electron chi connectivity index (χ2n) is 9.45. The third kappa shape index (κ3) is 8.58. The number of hydrogen-bond acceptors (Lipinski definition) is 5. The number of carbonyl (C=O) groups excluding carboxylic acids is 4. The largest absolute Gasteiger partial charge is 0.445 e. The fraction of sp³-hybridized carbons (Fsp3) is 0.267. The standard InChI is InChI=1S/C30H33N3O5/c1-20(2)17-26(33-30(37)38-19-22-9-5-3-6-10-22)29(36)32-25(28(31)35)18-21-13-15-24(16-14-21)27(34)23-11-7-4-8-12-23/h3-16,20,25-26H,17-19H2,1-2H3,(H2,31,35)(H,32,36)(H,33,37)/t25-,26+/m1/s1. The molecule has 3 rings (SSSR count). The first kappa shape index (κ1) is 28.1. The molecule has 4 N–H and O–H groups in total. The SMILES string of the molecule is CC(C)C[C@H](NC(=O)OCc1ccccc1)C(=O)N[C@H](Cc1ccc(C(=O)c2ccccc2)cc1)C(N)=O. The first-order valence-corrected chi connectivity index (χ1v) is 12.5. The molecule has 0 saturated carbocycles. The topological polar surface area (TPSA) is 128 Å². The number of hydrogen-bond donors (Lipinski definition) is 3. The van der Waals surface area contributed by atoms with Crippen molar-refractivity contribution in [3.05, 3.63) is 107 Å². The molecule has 0 aliphatic rings. The Bertz CT molecular complexity index is 1230. The lowest BCUT2D eigenvalue weighted by Gasteiger charge is -2.23. The number of nitrogens with one attached hydrogen (secondary N) is 2. The highest BCUT2D eigenvalue weighted by Crippen LogP contribution is 2.13. The number of amides is 3. The normalized spacial score (nSPS) is 12.3. The van der Waals surface area contributed by atoms with Gasteiger partial charge in [-0.1, -0.05) is 98.8 Å². The van der Waals surface area contributed by atoms with Gasteiger partial charge in [0.05, 0.1) is 0 Å². The van der Waals surface area contributed by atoms with E-state index in [2.05, 4.69) is 10.6 Å². The maximum atomic E-state index is 13.1. The highest BCUT2D eigenvalue weighted by Gasteiger charge is 2.27. The summed E-state index contributed by atoms with van der Waals surface area (Å²) in [5, 5.41) is 5.26. The minimum absolute atomic E-state index is 0.0649. The Kier molecular flexibility index (Phi) is 10.2. The van der Waals surface area contributed by atoms with Crippen LogP contribution in [0.5, 0.6) is 0 Å². The molecule has 198 valence electrons. The first-order chi connectivity index (χ1) is 18.2. The van der Waals surface area contributed by atoms with E-state index in [4.69, 9.17) is 10.5 Å². The number of rotatable bonds is 12. The van der Waals surface area contributed by atoms with Crippen molar-refractivity contribution in [3.8, 4) is 0 Å². The minimum atomic E-state index is -1.00. The molecule has 0 aromatic heterocycles. The molecule has 0 aliphatic carbocycles. The van der Waals surface area contributed by atoms with Gasteiger partial charge in [-0.05, 0) is 23.5 Å². The summed E-state index contributed by atoms with van der Waals surface area (Å²) in [4.78, 5) is 50.2. The van der Waals surface area contributed by atoms with Crippen LogP contribution in [0.25, 0.3) is 0 Å². The summed E-state index contributed by atoms with van der Waals surface area (Å²) in [6.45, 7) is 3.90. The second kappa shape index (κ2) is 13.7. The Balaban J connectivity index is 1.62. The molecule has 3 amide bonds. The maximum Gasteiger partial charge on any atom is 0.408 e. The molecule has 3 aromatic carbocycles. The predicted molar refractivity (Wildman–Crippen MR) is 144 cm³/mol. The maximum absolute atomic E-state index is 13.1. The van der Waals surface area contributed by atoms with Crippen molar-refractivity contribution in [1.82, 2.24) is 10.6 Å². The Morgan fingerprint density at radius 2 is 1.32 bits per heavy atom. The molecule has 8 heteroatoms. The molecule has 0 fully saturated rings. The van der Waals surface area contributed by atoms with Crippen molar-refractivity contribution in [3.63, 3.8) is 0 Å². The summed E-state index contributed by atoms with van der Waals surface area (Å²) in [5.41, 5.74) is 8.20. The van der Waals surface area contributed by atoms with Crippen molar-refractivity contribution >= 4 is 23.7 Å². The summed E-state index contributed by atoms with van der Waals surface area (Å²) in [6, 6.07) is 23.0. The minimum Gasteiger partial charge on any atom is -0.445 e. The number of ketones is 1. The van der Waals surface area contributed by atoms with Crippen LogP contribution in [-0.2, 0) is 27.4 Å². The van der Waals surface area contributed by atoms with Gasteiger partial charge in [-0.3, -0.25) is 14.4 Å². The van der Waals surface area contributed by atoms with Crippen LogP contribution < -0.4 is 16.4 Å². The van der Waals surface area contributed by atoms with Crippen LogP contribution in [0.4, 0.5) is 4.79 Å². The second-order valence-corrected chi connectivity index (χ2v) is 9.45. The average molecular weight is 516 g/mol. The van der Waals surface area contributed by atoms with Crippen molar-refractivity contribution < 1.29 is 23.9 Å². The monoisotopic (exact) mass is 515 g/mol. The molecular weight excluding hydrogens is 482 g/mol. The van der Waals surface area contributed by atoms with Gasteiger partial charge in [-0.2, -0.15) is 0 Å². The first-order valence-electron chi connectivity index (χ1n) is 12.5. The number of primary amides is 1. The number of nitrogens with two attached hydrogens (primary N) is 1. The quantitative estimate of drug-likeness (QED) is 0.317. The Labute approximate surface area is 222 Å². The summed E-state index contributed by atoms with van der Waals surface area (Å²) in [6.07, 6.45) is -0.258. The molecule has 0 saturated heterocycles. The summed E-state index contributed by atoms with van der Waals surface area (Å²) >= 11 is 0. The summed E-state index contributed by atoms with van der Waals surface area (Å²) in [7, 11) is 0. The zero-order valence-electron chi connectivity index (χ0n) is 21.6. The number of benzene rings is 3. The van der Waals surface area contributed by atoms with E-state index in [-0.39, 0.29) is 24.7 Å². The van der Waals surface area contributed by atoms with Gasteiger partial charge in [0.15, 0.2) is 5.78 Å². The molecule has 0 aliphatic heterocycles. The zero-order chi connectivity index (χ0) is 27.5. The van der Waals surface area contributed by atoms with Gasteiger partial charge in [0.25, 0.3) is 0 Å². The molecule has 38 heavy (non-hydrogen) atoms. The van der Waals surface area contributed by atoms with E-state index in [0.717, 1.165) is 5.56 Å². The predicted octanol–water partition coefficient (Wildman–Crippen LogP) is 3.77. The molecule has 0 unspecified atom stereocenters. The number of carbonyl (C=O) groups is 4. The van der Waals surface area contributed by atoms with E-state index in [1.165, 1.54) is 0 Å². The Morgan fingerprint density at radius 3 is 1.89 bits per heavy atom. The average Bonchev–Trinajstić information content (AvgIpc) is 2.92. The van der Waals surface area contributed by atoms with E-state index in [1.54, 1.807) is 48.5 Å². The van der Waals surface area contributed by atoms with Crippen LogP contribution in [0, 0.1) is 5.92 Å². The lowest BCUT2D eigenvalue weighted by atomic mass is 9.98. The fourth-order valence-corrected chi connectivity index (χ4v) is 3.89.